The molecule has 1 unspecified atom stereocenters. The summed E-state index contributed by atoms with van der Waals surface area (Å²) in [5.74, 6) is 0.548. The summed E-state index contributed by atoms with van der Waals surface area (Å²) in [7, 11) is 0. The van der Waals surface area contributed by atoms with Crippen LogP contribution < -0.4 is 10.9 Å². The number of rotatable bonds is 7. The van der Waals surface area contributed by atoms with Crippen molar-refractivity contribution >= 4 is 16.9 Å². The van der Waals surface area contributed by atoms with Gasteiger partial charge in [0.2, 0.25) is 11.7 Å². The normalized spacial score (nSPS) is 12.4. The Morgan fingerprint density at radius 2 is 2.03 bits per heavy atom. The number of hydrogen-bond acceptors (Lipinski definition) is 7. The minimum absolute atomic E-state index is 0.00612. The van der Waals surface area contributed by atoms with Gasteiger partial charge in [0.15, 0.2) is 5.76 Å². The van der Waals surface area contributed by atoms with E-state index in [1.165, 1.54) is 6.26 Å². The van der Waals surface area contributed by atoms with Crippen molar-refractivity contribution in [3.63, 3.8) is 0 Å². The van der Waals surface area contributed by atoms with Crippen molar-refractivity contribution in [1.82, 2.24) is 25.0 Å². The second kappa shape index (κ2) is 8.78. The highest BCUT2D eigenvalue weighted by Crippen LogP contribution is 2.26. The van der Waals surface area contributed by atoms with Gasteiger partial charge in [-0.1, -0.05) is 25.9 Å². The van der Waals surface area contributed by atoms with Crippen molar-refractivity contribution in [2.45, 2.75) is 46.7 Å². The Balaban J connectivity index is 1.66. The summed E-state index contributed by atoms with van der Waals surface area (Å²) in [6, 6.07) is 8.29. The number of aryl methyl sites for hydroxylation is 2. The highest BCUT2D eigenvalue weighted by atomic mass is 16.5. The van der Waals surface area contributed by atoms with Gasteiger partial charge in [-0.05, 0) is 49.6 Å². The Morgan fingerprint density at radius 1 is 1.22 bits per heavy atom. The van der Waals surface area contributed by atoms with E-state index in [1.807, 2.05) is 39.0 Å². The quantitative estimate of drug-likeness (QED) is 0.468. The van der Waals surface area contributed by atoms with Crippen molar-refractivity contribution in [3.05, 3.63) is 64.3 Å². The average molecular weight is 435 g/mol. The van der Waals surface area contributed by atoms with Gasteiger partial charge in [0.1, 0.15) is 11.7 Å². The predicted octanol–water partition coefficient (Wildman–Crippen LogP) is 3.89. The molecule has 0 radical (unpaired) electrons. The van der Waals surface area contributed by atoms with Crippen LogP contribution in [0.5, 0.6) is 0 Å². The average Bonchev–Trinajstić information content (AvgIpc) is 3.47. The largest absolute Gasteiger partial charge is 0.459 e. The second-order valence-electron chi connectivity index (χ2n) is 7.99. The molecular weight excluding hydrogens is 410 g/mol. The fraction of sp³-hybridized carbons (Fsp3) is 0.348. The van der Waals surface area contributed by atoms with E-state index in [9.17, 15) is 9.59 Å². The van der Waals surface area contributed by atoms with E-state index in [0.29, 0.717) is 35.0 Å². The van der Waals surface area contributed by atoms with E-state index in [1.54, 1.807) is 23.6 Å². The minimum Gasteiger partial charge on any atom is -0.459 e. The summed E-state index contributed by atoms with van der Waals surface area (Å²) < 4.78 is 12.4. The maximum absolute atomic E-state index is 12.5. The molecule has 0 aliphatic rings. The molecule has 1 aromatic carbocycles. The smallest absolute Gasteiger partial charge is 0.287 e. The van der Waals surface area contributed by atoms with Crippen LogP contribution >= 0.6 is 0 Å². The SMILES string of the molecule is CCCn1c(=O)c(C)nc2cc(-c3noc(C(NC(=O)c4ccco4)C(C)C)n3)ccc21. The highest BCUT2D eigenvalue weighted by Gasteiger charge is 2.26. The summed E-state index contributed by atoms with van der Waals surface area (Å²) in [5.41, 5.74) is 2.52. The lowest BCUT2D eigenvalue weighted by molar-refractivity contribution is 0.0885. The number of nitrogens with one attached hydrogen (secondary N) is 1. The monoisotopic (exact) mass is 435 g/mol. The number of hydrogen-bond donors (Lipinski definition) is 1. The van der Waals surface area contributed by atoms with Crippen molar-refractivity contribution in [1.29, 1.82) is 0 Å². The van der Waals surface area contributed by atoms with Crippen molar-refractivity contribution in [2.75, 3.05) is 0 Å². The van der Waals surface area contributed by atoms with Gasteiger partial charge < -0.3 is 18.8 Å². The molecule has 0 saturated carbocycles. The number of carbonyl (C=O) groups excluding carboxylic acids is 1. The van der Waals surface area contributed by atoms with Gasteiger partial charge in [-0.15, -0.1) is 0 Å². The van der Waals surface area contributed by atoms with Crippen LogP contribution in [0.1, 0.15) is 55.4 Å². The molecule has 3 aromatic heterocycles. The molecular formula is C23H25N5O4. The topological polar surface area (TPSA) is 116 Å². The first-order valence-electron chi connectivity index (χ1n) is 10.6. The molecule has 1 N–H and O–H groups in total. The van der Waals surface area contributed by atoms with E-state index in [0.717, 1.165) is 11.9 Å². The van der Waals surface area contributed by atoms with Crippen molar-refractivity contribution in [3.8, 4) is 11.4 Å². The molecule has 0 fully saturated rings. The van der Waals surface area contributed by atoms with E-state index < -0.39 is 6.04 Å². The van der Waals surface area contributed by atoms with Gasteiger partial charge in [-0.25, -0.2) is 4.98 Å². The maximum atomic E-state index is 12.5. The van der Waals surface area contributed by atoms with E-state index in [-0.39, 0.29) is 23.1 Å². The molecule has 3 heterocycles. The fourth-order valence-electron chi connectivity index (χ4n) is 3.57. The first kappa shape index (κ1) is 21.5. The molecule has 9 heteroatoms. The number of amides is 1. The number of fused-ring (bicyclic) bond motifs is 1. The van der Waals surface area contributed by atoms with Crippen LogP contribution in [-0.4, -0.2) is 25.6 Å². The number of benzene rings is 1. The third-order valence-electron chi connectivity index (χ3n) is 5.22. The molecule has 4 rings (SSSR count). The Kier molecular flexibility index (Phi) is 5.89. The molecule has 0 spiro atoms. The standard InChI is InChI=1S/C23H25N5O4/c1-5-10-28-17-9-8-15(12-16(17)24-14(4)23(28)30)20-26-22(32-27-20)19(13(2)3)25-21(29)18-7-6-11-31-18/h6-9,11-13,19H,5,10H2,1-4H3,(H,25,29). The van der Waals surface area contributed by atoms with Crippen LogP contribution in [0.3, 0.4) is 0 Å². The van der Waals surface area contributed by atoms with Gasteiger partial charge in [0, 0.05) is 12.1 Å². The number of carbonyl (C=O) groups is 1. The Morgan fingerprint density at radius 3 is 2.72 bits per heavy atom. The van der Waals surface area contributed by atoms with E-state index in [4.69, 9.17) is 8.94 Å². The van der Waals surface area contributed by atoms with Crippen LogP contribution in [0.4, 0.5) is 0 Å². The molecule has 1 amide bonds. The Labute approximate surface area is 184 Å². The maximum Gasteiger partial charge on any atom is 0.287 e. The summed E-state index contributed by atoms with van der Waals surface area (Å²) >= 11 is 0. The molecule has 0 aliphatic carbocycles. The van der Waals surface area contributed by atoms with Gasteiger partial charge in [-0.2, -0.15) is 4.98 Å². The van der Waals surface area contributed by atoms with Crippen molar-refractivity contribution in [2.24, 2.45) is 5.92 Å². The summed E-state index contributed by atoms with van der Waals surface area (Å²) in [5, 5.41) is 6.99. The minimum atomic E-state index is -0.482. The van der Waals surface area contributed by atoms with E-state index >= 15 is 0 Å². The zero-order valence-corrected chi connectivity index (χ0v) is 18.5. The first-order valence-corrected chi connectivity index (χ1v) is 10.6. The summed E-state index contributed by atoms with van der Waals surface area (Å²) in [6.45, 7) is 8.26. The molecule has 32 heavy (non-hydrogen) atoms. The third kappa shape index (κ3) is 4.05. The van der Waals surface area contributed by atoms with Crippen LogP contribution in [0.2, 0.25) is 0 Å². The number of aromatic nitrogens is 4. The van der Waals surface area contributed by atoms with Crippen LogP contribution in [0.25, 0.3) is 22.4 Å². The number of nitrogens with zero attached hydrogens (tertiary/aromatic N) is 4. The predicted molar refractivity (Wildman–Crippen MR) is 118 cm³/mol. The van der Waals surface area contributed by atoms with Crippen LogP contribution in [-0.2, 0) is 6.54 Å². The number of furan rings is 1. The molecule has 0 aliphatic heterocycles. The zero-order chi connectivity index (χ0) is 22.8. The van der Waals surface area contributed by atoms with Gasteiger partial charge >= 0.3 is 0 Å². The van der Waals surface area contributed by atoms with E-state index in [2.05, 4.69) is 20.4 Å². The highest BCUT2D eigenvalue weighted by molar-refractivity contribution is 5.91. The lowest BCUT2D eigenvalue weighted by Crippen LogP contribution is -2.31. The lowest BCUT2D eigenvalue weighted by atomic mass is 10.0. The lowest BCUT2D eigenvalue weighted by Gasteiger charge is -2.17. The Bertz CT molecular complexity index is 1300. The molecule has 1 atom stereocenters. The van der Waals surface area contributed by atoms with Gasteiger partial charge in [0.05, 0.1) is 17.3 Å². The fourth-order valence-corrected chi connectivity index (χ4v) is 3.57. The molecule has 0 bridgehead atoms. The zero-order valence-electron chi connectivity index (χ0n) is 18.5. The second-order valence-corrected chi connectivity index (χ2v) is 7.99. The van der Waals surface area contributed by atoms with Crippen LogP contribution in [0.15, 0.2) is 50.3 Å². The first-order chi connectivity index (χ1) is 15.4. The van der Waals surface area contributed by atoms with Crippen molar-refractivity contribution < 1.29 is 13.7 Å². The molecule has 166 valence electrons. The molecule has 4 aromatic rings. The third-order valence-corrected chi connectivity index (χ3v) is 5.22. The van der Waals surface area contributed by atoms with Crippen LogP contribution in [0, 0.1) is 12.8 Å². The van der Waals surface area contributed by atoms with Gasteiger partial charge in [-0.3, -0.25) is 9.59 Å². The summed E-state index contributed by atoms with van der Waals surface area (Å²) in [6.07, 6.45) is 2.29. The summed E-state index contributed by atoms with van der Waals surface area (Å²) in [4.78, 5) is 33.9. The molecule has 0 saturated heterocycles. The van der Waals surface area contributed by atoms with Gasteiger partial charge in [0.25, 0.3) is 11.5 Å². The Hall–Kier alpha value is -3.75. The molecule has 9 nitrogen and oxygen atoms in total.